The molecule has 2 saturated heterocycles. The SMILES string of the molecule is CCN(C(C)=O)C1CCN(C2CC3(CCN(C(=O)OC(C)(C)C)C3)C2)CC1. The molecule has 3 aliphatic rings. The Hall–Kier alpha value is -1.30. The smallest absolute Gasteiger partial charge is 0.410 e. The zero-order valence-corrected chi connectivity index (χ0v) is 17.8. The molecule has 1 spiro atoms. The van der Waals surface area contributed by atoms with Gasteiger partial charge in [0.25, 0.3) is 0 Å². The number of rotatable bonds is 3. The van der Waals surface area contributed by atoms with E-state index in [-0.39, 0.29) is 12.0 Å². The highest BCUT2D eigenvalue weighted by Crippen LogP contribution is 2.50. The molecule has 0 aromatic heterocycles. The fourth-order valence-electron chi connectivity index (χ4n) is 5.25. The second-order valence-corrected chi connectivity index (χ2v) is 9.79. The molecule has 154 valence electrons. The zero-order chi connectivity index (χ0) is 19.8. The normalized spacial score (nSPS) is 29.7. The number of hydrogen-bond acceptors (Lipinski definition) is 4. The predicted octanol–water partition coefficient (Wildman–Crippen LogP) is 3.11. The summed E-state index contributed by atoms with van der Waals surface area (Å²) in [4.78, 5) is 30.6. The van der Waals surface area contributed by atoms with Crippen LogP contribution in [0.4, 0.5) is 4.79 Å². The Morgan fingerprint density at radius 2 is 1.78 bits per heavy atom. The van der Waals surface area contributed by atoms with E-state index in [0.29, 0.717) is 17.5 Å². The maximum absolute atomic E-state index is 12.3. The number of nitrogens with zero attached hydrogens (tertiary/aromatic N) is 3. The third kappa shape index (κ3) is 4.58. The molecule has 2 aliphatic heterocycles. The molecule has 1 aliphatic carbocycles. The van der Waals surface area contributed by atoms with Gasteiger partial charge in [-0.3, -0.25) is 4.79 Å². The fraction of sp³-hybridized carbons (Fsp3) is 0.905. The topological polar surface area (TPSA) is 53.1 Å². The molecule has 0 atom stereocenters. The lowest BCUT2D eigenvalue weighted by atomic mass is 9.64. The van der Waals surface area contributed by atoms with Crippen LogP contribution in [-0.2, 0) is 9.53 Å². The van der Waals surface area contributed by atoms with E-state index in [0.717, 1.165) is 52.0 Å². The summed E-state index contributed by atoms with van der Waals surface area (Å²) in [5.41, 5.74) is -0.112. The molecule has 2 heterocycles. The summed E-state index contributed by atoms with van der Waals surface area (Å²) in [7, 11) is 0. The van der Waals surface area contributed by atoms with Gasteiger partial charge in [-0.25, -0.2) is 4.79 Å². The van der Waals surface area contributed by atoms with Crippen LogP contribution in [0.25, 0.3) is 0 Å². The maximum Gasteiger partial charge on any atom is 0.410 e. The van der Waals surface area contributed by atoms with Crippen molar-refractivity contribution in [3.8, 4) is 0 Å². The summed E-state index contributed by atoms with van der Waals surface area (Å²) in [5, 5.41) is 0. The quantitative estimate of drug-likeness (QED) is 0.756. The minimum Gasteiger partial charge on any atom is -0.444 e. The highest BCUT2D eigenvalue weighted by Gasteiger charge is 2.51. The minimum absolute atomic E-state index is 0.160. The Labute approximate surface area is 164 Å². The lowest BCUT2D eigenvalue weighted by Crippen LogP contribution is -2.56. The van der Waals surface area contributed by atoms with E-state index in [1.807, 2.05) is 30.6 Å². The van der Waals surface area contributed by atoms with Crippen molar-refractivity contribution in [3.05, 3.63) is 0 Å². The van der Waals surface area contributed by atoms with Gasteiger partial charge in [0, 0.05) is 51.7 Å². The first-order valence-corrected chi connectivity index (χ1v) is 10.6. The van der Waals surface area contributed by atoms with Gasteiger partial charge in [0.15, 0.2) is 0 Å². The molecule has 6 nitrogen and oxygen atoms in total. The van der Waals surface area contributed by atoms with Crippen molar-refractivity contribution >= 4 is 12.0 Å². The molecule has 6 heteroatoms. The number of ether oxygens (including phenoxy) is 1. The van der Waals surface area contributed by atoms with E-state index >= 15 is 0 Å². The first-order valence-electron chi connectivity index (χ1n) is 10.6. The van der Waals surface area contributed by atoms with Crippen LogP contribution in [0.1, 0.15) is 66.7 Å². The van der Waals surface area contributed by atoms with E-state index in [4.69, 9.17) is 4.74 Å². The van der Waals surface area contributed by atoms with E-state index in [1.165, 1.54) is 12.8 Å². The van der Waals surface area contributed by atoms with Crippen LogP contribution in [0.5, 0.6) is 0 Å². The monoisotopic (exact) mass is 379 g/mol. The first kappa shape index (κ1) is 20.4. The average molecular weight is 380 g/mol. The number of likely N-dealkylation sites (tertiary alicyclic amines) is 2. The molecule has 3 fully saturated rings. The Morgan fingerprint density at radius 1 is 1.15 bits per heavy atom. The molecular formula is C21H37N3O3. The number of piperidine rings is 1. The molecule has 0 unspecified atom stereocenters. The molecule has 0 N–H and O–H groups in total. The minimum atomic E-state index is -0.425. The van der Waals surface area contributed by atoms with Crippen molar-refractivity contribution in [1.29, 1.82) is 0 Å². The van der Waals surface area contributed by atoms with E-state index < -0.39 is 5.60 Å². The van der Waals surface area contributed by atoms with E-state index in [1.54, 1.807) is 6.92 Å². The van der Waals surface area contributed by atoms with Gasteiger partial charge in [-0.1, -0.05) is 0 Å². The van der Waals surface area contributed by atoms with E-state index in [2.05, 4.69) is 11.8 Å². The molecule has 0 bridgehead atoms. The third-order valence-corrected chi connectivity index (χ3v) is 6.63. The maximum atomic E-state index is 12.3. The standard InChI is InChI=1S/C21H37N3O3/c1-6-24(16(2)25)17-7-10-22(11-8-17)18-13-21(14-18)9-12-23(15-21)19(26)27-20(3,4)5/h17-18H,6-15H2,1-5H3. The van der Waals surface area contributed by atoms with Crippen molar-refractivity contribution in [3.63, 3.8) is 0 Å². The summed E-state index contributed by atoms with van der Waals surface area (Å²) >= 11 is 0. The van der Waals surface area contributed by atoms with Gasteiger partial charge in [-0.15, -0.1) is 0 Å². The Bertz CT molecular complexity index is 558. The Morgan fingerprint density at radius 3 is 2.30 bits per heavy atom. The van der Waals surface area contributed by atoms with Gasteiger partial charge >= 0.3 is 6.09 Å². The van der Waals surface area contributed by atoms with Crippen LogP contribution in [0, 0.1) is 5.41 Å². The van der Waals surface area contributed by atoms with Gasteiger partial charge in [0.1, 0.15) is 5.60 Å². The molecule has 0 aromatic carbocycles. The second kappa shape index (κ2) is 7.61. The highest BCUT2D eigenvalue weighted by molar-refractivity contribution is 5.73. The van der Waals surface area contributed by atoms with Gasteiger partial charge in [0.2, 0.25) is 5.91 Å². The fourth-order valence-corrected chi connectivity index (χ4v) is 5.25. The van der Waals surface area contributed by atoms with Gasteiger partial charge in [-0.2, -0.15) is 0 Å². The zero-order valence-electron chi connectivity index (χ0n) is 17.8. The van der Waals surface area contributed by atoms with Gasteiger partial charge in [0.05, 0.1) is 0 Å². The van der Waals surface area contributed by atoms with Crippen molar-refractivity contribution < 1.29 is 14.3 Å². The Kier molecular flexibility index (Phi) is 5.76. The predicted molar refractivity (Wildman–Crippen MR) is 106 cm³/mol. The number of carbonyl (C=O) groups excluding carboxylic acids is 2. The largest absolute Gasteiger partial charge is 0.444 e. The first-order chi connectivity index (χ1) is 12.6. The lowest BCUT2D eigenvalue weighted by molar-refractivity contribution is -0.132. The van der Waals surface area contributed by atoms with Crippen molar-refractivity contribution in [1.82, 2.24) is 14.7 Å². The van der Waals surface area contributed by atoms with Crippen molar-refractivity contribution in [2.45, 2.75) is 84.4 Å². The van der Waals surface area contributed by atoms with Gasteiger partial charge in [-0.05, 0) is 65.2 Å². The molecule has 0 radical (unpaired) electrons. The molecule has 3 rings (SSSR count). The van der Waals surface area contributed by atoms with Crippen LogP contribution in [0.15, 0.2) is 0 Å². The highest BCUT2D eigenvalue weighted by atomic mass is 16.6. The number of hydrogen-bond donors (Lipinski definition) is 0. The molecular weight excluding hydrogens is 342 g/mol. The summed E-state index contributed by atoms with van der Waals surface area (Å²) in [6, 6.07) is 1.06. The number of carbonyl (C=O) groups is 2. The summed E-state index contributed by atoms with van der Waals surface area (Å²) < 4.78 is 5.54. The van der Waals surface area contributed by atoms with E-state index in [9.17, 15) is 9.59 Å². The molecule has 2 amide bonds. The average Bonchev–Trinajstić information content (AvgIpc) is 2.99. The molecule has 1 saturated carbocycles. The van der Waals surface area contributed by atoms with Crippen molar-refractivity contribution in [2.75, 3.05) is 32.7 Å². The third-order valence-electron chi connectivity index (χ3n) is 6.63. The molecule has 0 aromatic rings. The number of amides is 2. The molecule has 27 heavy (non-hydrogen) atoms. The summed E-state index contributed by atoms with van der Waals surface area (Å²) in [6.07, 6.45) is 5.50. The van der Waals surface area contributed by atoms with Crippen LogP contribution in [-0.4, -0.2) is 77.1 Å². The lowest BCUT2D eigenvalue weighted by Gasteiger charge is -2.52. The van der Waals surface area contributed by atoms with Gasteiger partial charge < -0.3 is 19.4 Å². The van der Waals surface area contributed by atoms with Crippen molar-refractivity contribution in [2.24, 2.45) is 5.41 Å². The van der Waals surface area contributed by atoms with Crippen LogP contribution in [0.3, 0.4) is 0 Å². The second-order valence-electron chi connectivity index (χ2n) is 9.79. The summed E-state index contributed by atoms with van der Waals surface area (Å²) in [6.45, 7) is 14.2. The van der Waals surface area contributed by atoms with Crippen LogP contribution < -0.4 is 0 Å². The summed E-state index contributed by atoms with van der Waals surface area (Å²) in [5.74, 6) is 0.201. The van der Waals surface area contributed by atoms with Crippen LogP contribution >= 0.6 is 0 Å². The Balaban J connectivity index is 1.44. The van der Waals surface area contributed by atoms with Crippen LogP contribution in [0.2, 0.25) is 0 Å².